The first-order valence-corrected chi connectivity index (χ1v) is 12.0. The molecule has 0 aliphatic carbocycles. The van der Waals surface area contributed by atoms with Crippen molar-refractivity contribution in [3.63, 3.8) is 0 Å². The van der Waals surface area contributed by atoms with Gasteiger partial charge in [-0.05, 0) is 54.5 Å². The largest absolute Gasteiger partial charge is 0.0591 e. The van der Waals surface area contributed by atoms with Crippen molar-refractivity contribution >= 4 is 38.1 Å². The predicted molar refractivity (Wildman–Crippen MR) is 141 cm³/mol. The Bertz CT molecular complexity index is 727. The summed E-state index contributed by atoms with van der Waals surface area (Å²) >= 11 is 0. The van der Waals surface area contributed by atoms with Crippen LogP contribution in [0.15, 0.2) is 36.4 Å². The Hall–Kier alpha value is -0.533. The Morgan fingerprint density at radius 1 is 0.400 bits per heavy atom. The molecule has 161 valence electrons. The maximum atomic E-state index is 2.44. The van der Waals surface area contributed by atoms with E-state index in [2.05, 4.69) is 119 Å². The first kappa shape index (κ1) is 27.5. The Morgan fingerprint density at radius 2 is 0.600 bits per heavy atom. The number of hydrogen-bond donors (Lipinski definition) is 0. The van der Waals surface area contributed by atoms with Gasteiger partial charge in [0.1, 0.15) is 0 Å². The van der Waals surface area contributed by atoms with Crippen LogP contribution in [0, 0.1) is 0 Å². The molecule has 0 heterocycles. The molecule has 0 N–H and O–H groups in total. The molecular formula is C28H43LiP. The van der Waals surface area contributed by atoms with Crippen LogP contribution < -0.4 is 10.6 Å². The zero-order chi connectivity index (χ0) is 22.4. The van der Waals surface area contributed by atoms with E-state index in [1.807, 2.05) is 0 Å². The molecule has 0 fully saturated rings. The minimum Gasteiger partial charge on any atom is -0.0591 e. The summed E-state index contributed by atoms with van der Waals surface area (Å²) in [5.41, 5.74) is 6.39. The SMILES string of the molecule is CC(C)(C)c1cc(Pc2cc(C(C)(C)C)cc(C(C)(C)C)c2)cc(C(C)(C)C)c1.[Li]. The van der Waals surface area contributed by atoms with Crippen molar-refractivity contribution in [3.05, 3.63) is 58.7 Å². The van der Waals surface area contributed by atoms with Crippen LogP contribution in [-0.2, 0) is 21.7 Å². The summed E-state index contributed by atoms with van der Waals surface area (Å²) in [7, 11) is 0.679. The van der Waals surface area contributed by atoms with Crippen molar-refractivity contribution in [1.82, 2.24) is 0 Å². The zero-order valence-electron chi connectivity index (χ0n) is 22.0. The summed E-state index contributed by atoms with van der Waals surface area (Å²) in [6.07, 6.45) is 0. The second-order valence-electron chi connectivity index (χ2n) is 12.7. The van der Waals surface area contributed by atoms with Gasteiger partial charge in [0.05, 0.1) is 0 Å². The van der Waals surface area contributed by atoms with Crippen molar-refractivity contribution in [2.45, 2.75) is 105 Å². The van der Waals surface area contributed by atoms with E-state index in [1.165, 1.54) is 32.9 Å². The third-order valence-corrected chi connectivity index (χ3v) is 6.77. The molecule has 0 nitrogen and oxygen atoms in total. The summed E-state index contributed by atoms with van der Waals surface area (Å²) in [6.45, 7) is 27.8. The van der Waals surface area contributed by atoms with E-state index in [1.54, 1.807) is 0 Å². The first-order chi connectivity index (χ1) is 12.9. The molecule has 0 aromatic heterocycles. The summed E-state index contributed by atoms with van der Waals surface area (Å²) < 4.78 is 0. The second-order valence-corrected chi connectivity index (χ2v) is 14.1. The number of rotatable bonds is 2. The number of hydrogen-bond acceptors (Lipinski definition) is 0. The van der Waals surface area contributed by atoms with Crippen molar-refractivity contribution in [3.8, 4) is 0 Å². The molecule has 30 heavy (non-hydrogen) atoms. The minimum atomic E-state index is 0. The fourth-order valence-electron chi connectivity index (χ4n) is 3.30. The third kappa shape index (κ3) is 7.26. The van der Waals surface area contributed by atoms with Gasteiger partial charge in [-0.3, -0.25) is 0 Å². The van der Waals surface area contributed by atoms with Gasteiger partial charge >= 0.3 is 0 Å². The Kier molecular flexibility index (Phi) is 8.38. The molecule has 0 aliphatic rings. The monoisotopic (exact) mass is 417 g/mol. The second kappa shape index (κ2) is 9.14. The molecule has 0 atom stereocenters. The van der Waals surface area contributed by atoms with Gasteiger partial charge in [-0.2, -0.15) is 0 Å². The molecule has 0 amide bonds. The predicted octanol–water partition coefficient (Wildman–Crippen LogP) is 7.13. The van der Waals surface area contributed by atoms with Crippen molar-refractivity contribution in [2.75, 3.05) is 0 Å². The Morgan fingerprint density at radius 3 is 0.767 bits per heavy atom. The van der Waals surface area contributed by atoms with Crippen LogP contribution in [0.1, 0.15) is 105 Å². The summed E-state index contributed by atoms with van der Waals surface area (Å²) in [5, 5.41) is 2.90. The van der Waals surface area contributed by atoms with Crippen LogP contribution in [0.5, 0.6) is 0 Å². The molecule has 2 rings (SSSR count). The molecule has 0 bridgehead atoms. The van der Waals surface area contributed by atoms with Gasteiger partial charge < -0.3 is 0 Å². The normalized spacial score (nSPS) is 13.2. The maximum absolute atomic E-state index is 2.44. The summed E-state index contributed by atoms with van der Waals surface area (Å²) in [4.78, 5) is 0. The van der Waals surface area contributed by atoms with Crippen molar-refractivity contribution in [1.29, 1.82) is 0 Å². The van der Waals surface area contributed by atoms with E-state index in [0.717, 1.165) is 0 Å². The van der Waals surface area contributed by atoms with E-state index in [0.29, 0.717) is 8.58 Å². The molecule has 1 radical (unpaired) electrons. The fourth-order valence-corrected chi connectivity index (χ4v) is 4.54. The van der Waals surface area contributed by atoms with Gasteiger partial charge in [-0.25, -0.2) is 0 Å². The van der Waals surface area contributed by atoms with E-state index in [4.69, 9.17) is 0 Å². The molecule has 0 aliphatic heterocycles. The van der Waals surface area contributed by atoms with Crippen LogP contribution in [0.3, 0.4) is 0 Å². The third-order valence-electron chi connectivity index (χ3n) is 5.62. The van der Waals surface area contributed by atoms with Crippen molar-refractivity contribution < 1.29 is 0 Å². The molecule has 0 saturated carbocycles. The molecule has 2 heteroatoms. The zero-order valence-corrected chi connectivity index (χ0v) is 23.0. The van der Waals surface area contributed by atoms with Crippen LogP contribution >= 0.6 is 8.58 Å². The molecule has 2 aromatic rings. The molecular weight excluding hydrogens is 374 g/mol. The van der Waals surface area contributed by atoms with E-state index < -0.39 is 0 Å². The minimum absolute atomic E-state index is 0. The average Bonchev–Trinajstić information content (AvgIpc) is 2.51. The molecule has 0 saturated heterocycles. The fraction of sp³-hybridized carbons (Fsp3) is 0.571. The Balaban J connectivity index is 0.00000450. The first-order valence-electron chi connectivity index (χ1n) is 11.0. The van der Waals surface area contributed by atoms with Gasteiger partial charge in [-0.15, -0.1) is 0 Å². The maximum Gasteiger partial charge on any atom is 0 e. The molecule has 0 spiro atoms. The average molecular weight is 418 g/mol. The number of benzene rings is 2. The standard InChI is InChI=1S/C28H43P.Li/c1-25(2,3)19-13-20(26(4,5)6)16-23(15-19)29-24-17-21(27(7,8)9)14-22(18-24)28(10,11)12;/h13-18,29H,1-12H3;. The van der Waals surface area contributed by atoms with E-state index >= 15 is 0 Å². The van der Waals surface area contributed by atoms with Gasteiger partial charge in [0.15, 0.2) is 0 Å². The summed E-state index contributed by atoms with van der Waals surface area (Å²) in [6, 6.07) is 14.6. The van der Waals surface area contributed by atoms with Crippen LogP contribution in [0.2, 0.25) is 0 Å². The molecule has 0 unspecified atom stereocenters. The van der Waals surface area contributed by atoms with Crippen LogP contribution in [0.25, 0.3) is 0 Å². The van der Waals surface area contributed by atoms with Gasteiger partial charge in [0, 0.05) is 18.9 Å². The van der Waals surface area contributed by atoms with E-state index in [9.17, 15) is 0 Å². The smallest absolute Gasteiger partial charge is 0 e. The molecule has 2 aromatic carbocycles. The summed E-state index contributed by atoms with van der Waals surface area (Å²) in [5.74, 6) is 0. The van der Waals surface area contributed by atoms with Gasteiger partial charge in [-0.1, -0.05) is 128 Å². The van der Waals surface area contributed by atoms with Gasteiger partial charge in [0.25, 0.3) is 0 Å². The topological polar surface area (TPSA) is 0 Å². The van der Waals surface area contributed by atoms with Crippen LogP contribution in [0.4, 0.5) is 0 Å². The van der Waals surface area contributed by atoms with Crippen LogP contribution in [-0.4, -0.2) is 18.9 Å². The van der Waals surface area contributed by atoms with E-state index in [-0.39, 0.29) is 40.5 Å². The van der Waals surface area contributed by atoms with Gasteiger partial charge in [0.2, 0.25) is 0 Å². The quantitative estimate of drug-likeness (QED) is 0.360. The van der Waals surface area contributed by atoms with Crippen molar-refractivity contribution in [2.24, 2.45) is 0 Å². The Labute approximate surface area is 201 Å².